The average Bonchev–Trinajstić information content (AvgIpc) is 2.24. The Kier molecular flexibility index (Phi) is 10.2. The van der Waals surface area contributed by atoms with Crippen molar-refractivity contribution in [3.05, 3.63) is 0 Å². The highest BCUT2D eigenvalue weighted by atomic mass is 16.1. The molecule has 0 aromatic carbocycles. The van der Waals surface area contributed by atoms with E-state index in [0.717, 1.165) is 6.54 Å². The lowest BCUT2D eigenvalue weighted by Crippen LogP contribution is -2.35. The van der Waals surface area contributed by atoms with Gasteiger partial charge >= 0.3 is 0 Å². The summed E-state index contributed by atoms with van der Waals surface area (Å²) in [6.45, 7) is 9.22. The lowest BCUT2D eigenvalue weighted by atomic mass is 10.1. The second kappa shape index (κ2) is 10.6. The molecule has 0 rings (SSSR count). The molecule has 102 valence electrons. The first-order valence-corrected chi connectivity index (χ1v) is 7.12. The van der Waals surface area contributed by atoms with Crippen molar-refractivity contribution in [1.29, 1.82) is 0 Å². The number of nitrogens with one attached hydrogen (secondary N) is 2. The van der Waals surface area contributed by atoms with Crippen LogP contribution >= 0.6 is 0 Å². The van der Waals surface area contributed by atoms with Gasteiger partial charge in [-0.3, -0.25) is 4.79 Å². The van der Waals surface area contributed by atoms with Crippen LogP contribution in [-0.4, -0.2) is 24.5 Å². The monoisotopic (exact) mass is 242 g/mol. The number of amides is 1. The van der Waals surface area contributed by atoms with E-state index >= 15 is 0 Å². The van der Waals surface area contributed by atoms with Gasteiger partial charge in [0.15, 0.2) is 0 Å². The SMILES string of the molecule is CCCCC(CCC)NCCC(=O)NC(C)C. The normalized spacial score (nSPS) is 12.8. The Balaban J connectivity index is 3.69. The molecule has 1 atom stereocenters. The Labute approximate surface area is 107 Å². The van der Waals surface area contributed by atoms with Crippen molar-refractivity contribution >= 4 is 5.91 Å². The quantitative estimate of drug-likeness (QED) is 0.618. The largest absolute Gasteiger partial charge is 0.354 e. The van der Waals surface area contributed by atoms with Gasteiger partial charge in [0.25, 0.3) is 0 Å². The van der Waals surface area contributed by atoms with Gasteiger partial charge in [0.1, 0.15) is 0 Å². The first kappa shape index (κ1) is 16.4. The standard InChI is InChI=1S/C14H30N2O/c1-5-7-9-13(8-6-2)15-11-10-14(17)16-12(3)4/h12-13,15H,5-11H2,1-4H3,(H,16,17). The molecule has 0 spiro atoms. The molecular weight excluding hydrogens is 212 g/mol. The second-order valence-electron chi connectivity index (χ2n) is 5.05. The Bertz CT molecular complexity index is 193. The number of unbranched alkanes of at least 4 members (excludes halogenated alkanes) is 1. The van der Waals surface area contributed by atoms with Crippen LogP contribution in [0.2, 0.25) is 0 Å². The highest BCUT2D eigenvalue weighted by molar-refractivity contribution is 5.76. The molecule has 0 heterocycles. The Morgan fingerprint density at radius 2 is 1.82 bits per heavy atom. The number of rotatable bonds is 10. The molecule has 17 heavy (non-hydrogen) atoms. The van der Waals surface area contributed by atoms with Crippen molar-refractivity contribution in [2.45, 2.75) is 78.3 Å². The molecule has 1 unspecified atom stereocenters. The molecule has 0 bridgehead atoms. The van der Waals surface area contributed by atoms with E-state index in [1.807, 2.05) is 13.8 Å². The summed E-state index contributed by atoms with van der Waals surface area (Å²) in [5.74, 6) is 0.151. The summed E-state index contributed by atoms with van der Waals surface area (Å²) in [5, 5.41) is 6.41. The van der Waals surface area contributed by atoms with Crippen LogP contribution in [0, 0.1) is 0 Å². The zero-order chi connectivity index (χ0) is 13.1. The van der Waals surface area contributed by atoms with Gasteiger partial charge in [0.2, 0.25) is 5.91 Å². The molecule has 0 saturated carbocycles. The molecule has 0 aliphatic heterocycles. The maximum Gasteiger partial charge on any atom is 0.221 e. The van der Waals surface area contributed by atoms with Crippen LogP contribution in [0.25, 0.3) is 0 Å². The molecule has 0 saturated heterocycles. The fourth-order valence-electron chi connectivity index (χ4n) is 1.93. The van der Waals surface area contributed by atoms with E-state index in [1.54, 1.807) is 0 Å². The summed E-state index contributed by atoms with van der Waals surface area (Å²) < 4.78 is 0. The molecule has 0 fully saturated rings. The highest BCUT2D eigenvalue weighted by Gasteiger charge is 2.08. The molecule has 0 radical (unpaired) electrons. The van der Waals surface area contributed by atoms with Crippen LogP contribution in [0.1, 0.15) is 66.2 Å². The van der Waals surface area contributed by atoms with E-state index in [1.165, 1.54) is 32.1 Å². The molecule has 0 aliphatic carbocycles. The molecule has 3 nitrogen and oxygen atoms in total. The van der Waals surface area contributed by atoms with Gasteiger partial charge in [-0.25, -0.2) is 0 Å². The summed E-state index contributed by atoms with van der Waals surface area (Å²) in [6.07, 6.45) is 6.76. The van der Waals surface area contributed by atoms with E-state index in [9.17, 15) is 4.79 Å². The van der Waals surface area contributed by atoms with Crippen molar-refractivity contribution in [3.8, 4) is 0 Å². The van der Waals surface area contributed by atoms with E-state index in [0.29, 0.717) is 12.5 Å². The van der Waals surface area contributed by atoms with Gasteiger partial charge in [-0.2, -0.15) is 0 Å². The lowest BCUT2D eigenvalue weighted by Gasteiger charge is -2.18. The third-order valence-corrected chi connectivity index (χ3v) is 2.78. The molecule has 1 amide bonds. The van der Waals surface area contributed by atoms with Crippen molar-refractivity contribution in [3.63, 3.8) is 0 Å². The van der Waals surface area contributed by atoms with Crippen LogP contribution in [0.3, 0.4) is 0 Å². The predicted octanol–water partition coefficient (Wildman–Crippen LogP) is 2.85. The van der Waals surface area contributed by atoms with Crippen molar-refractivity contribution in [1.82, 2.24) is 10.6 Å². The Hall–Kier alpha value is -0.570. The highest BCUT2D eigenvalue weighted by Crippen LogP contribution is 2.06. The van der Waals surface area contributed by atoms with Gasteiger partial charge in [0, 0.05) is 25.0 Å². The number of hydrogen-bond donors (Lipinski definition) is 2. The maximum atomic E-state index is 11.5. The smallest absolute Gasteiger partial charge is 0.221 e. The van der Waals surface area contributed by atoms with Gasteiger partial charge in [-0.1, -0.05) is 33.1 Å². The predicted molar refractivity (Wildman–Crippen MR) is 74.1 cm³/mol. The number of hydrogen-bond acceptors (Lipinski definition) is 2. The van der Waals surface area contributed by atoms with Crippen molar-refractivity contribution < 1.29 is 4.79 Å². The Morgan fingerprint density at radius 1 is 1.12 bits per heavy atom. The average molecular weight is 242 g/mol. The van der Waals surface area contributed by atoms with E-state index in [-0.39, 0.29) is 11.9 Å². The van der Waals surface area contributed by atoms with Crippen molar-refractivity contribution in [2.75, 3.05) is 6.54 Å². The Morgan fingerprint density at radius 3 is 2.35 bits per heavy atom. The minimum atomic E-state index is 0.151. The molecule has 0 aliphatic rings. The first-order chi connectivity index (χ1) is 8.10. The molecule has 2 N–H and O–H groups in total. The zero-order valence-electron chi connectivity index (χ0n) is 12.0. The topological polar surface area (TPSA) is 41.1 Å². The first-order valence-electron chi connectivity index (χ1n) is 7.12. The summed E-state index contributed by atoms with van der Waals surface area (Å²) in [6, 6.07) is 0.834. The van der Waals surface area contributed by atoms with Crippen LogP contribution in [0.4, 0.5) is 0 Å². The zero-order valence-corrected chi connectivity index (χ0v) is 12.0. The second-order valence-corrected chi connectivity index (χ2v) is 5.05. The molecular formula is C14H30N2O. The van der Waals surface area contributed by atoms with Gasteiger partial charge in [-0.15, -0.1) is 0 Å². The summed E-state index contributed by atoms with van der Waals surface area (Å²) in [5.41, 5.74) is 0. The molecule has 0 aromatic rings. The van der Waals surface area contributed by atoms with Gasteiger partial charge in [0.05, 0.1) is 0 Å². The van der Waals surface area contributed by atoms with E-state index < -0.39 is 0 Å². The van der Waals surface area contributed by atoms with Crippen LogP contribution in [-0.2, 0) is 4.79 Å². The van der Waals surface area contributed by atoms with Crippen LogP contribution in [0.15, 0.2) is 0 Å². The van der Waals surface area contributed by atoms with Crippen LogP contribution < -0.4 is 10.6 Å². The van der Waals surface area contributed by atoms with Crippen LogP contribution in [0.5, 0.6) is 0 Å². The molecule has 0 aromatic heterocycles. The number of carbonyl (C=O) groups excluding carboxylic acids is 1. The minimum Gasteiger partial charge on any atom is -0.354 e. The summed E-state index contributed by atoms with van der Waals surface area (Å²) in [4.78, 5) is 11.5. The third-order valence-electron chi connectivity index (χ3n) is 2.78. The van der Waals surface area contributed by atoms with E-state index in [4.69, 9.17) is 0 Å². The number of carbonyl (C=O) groups is 1. The van der Waals surface area contributed by atoms with Gasteiger partial charge in [-0.05, 0) is 26.7 Å². The summed E-state index contributed by atoms with van der Waals surface area (Å²) in [7, 11) is 0. The minimum absolute atomic E-state index is 0.151. The lowest BCUT2D eigenvalue weighted by molar-refractivity contribution is -0.121. The van der Waals surface area contributed by atoms with E-state index in [2.05, 4.69) is 24.5 Å². The van der Waals surface area contributed by atoms with Crippen molar-refractivity contribution in [2.24, 2.45) is 0 Å². The van der Waals surface area contributed by atoms with Gasteiger partial charge < -0.3 is 10.6 Å². The summed E-state index contributed by atoms with van der Waals surface area (Å²) >= 11 is 0. The fraction of sp³-hybridized carbons (Fsp3) is 0.929. The molecule has 3 heteroatoms. The third kappa shape index (κ3) is 10.3. The maximum absolute atomic E-state index is 11.5. The fourth-order valence-corrected chi connectivity index (χ4v) is 1.93.